The molecule has 3 atom stereocenters. The highest BCUT2D eigenvalue weighted by Gasteiger charge is 2.46. The van der Waals surface area contributed by atoms with Gasteiger partial charge in [-0.05, 0) is 37.6 Å². The van der Waals surface area contributed by atoms with Gasteiger partial charge in [-0.1, -0.05) is 17.7 Å². The van der Waals surface area contributed by atoms with Gasteiger partial charge in [0.05, 0.1) is 12.5 Å². The second kappa shape index (κ2) is 3.41. The van der Waals surface area contributed by atoms with Gasteiger partial charge < -0.3 is 9.47 Å². The van der Waals surface area contributed by atoms with Crippen LogP contribution in [0.5, 0.6) is 5.75 Å². The van der Waals surface area contributed by atoms with Crippen LogP contribution in [0.2, 0.25) is 0 Å². The Morgan fingerprint density at radius 3 is 3.00 bits per heavy atom. The minimum Gasteiger partial charge on any atom is -0.497 e. The summed E-state index contributed by atoms with van der Waals surface area (Å²) in [5, 5.41) is 0. The van der Waals surface area contributed by atoms with E-state index in [0.717, 1.165) is 18.1 Å². The van der Waals surface area contributed by atoms with Gasteiger partial charge in [0.2, 0.25) is 0 Å². The molecule has 0 N–H and O–H groups in total. The molecule has 1 fully saturated rings. The van der Waals surface area contributed by atoms with Crippen LogP contribution in [0.1, 0.15) is 24.0 Å². The molecule has 1 aromatic rings. The Kier molecular flexibility index (Phi) is 1.94. The van der Waals surface area contributed by atoms with E-state index < -0.39 is 0 Å². The molecule has 1 saturated heterocycles. The summed E-state index contributed by atoms with van der Waals surface area (Å²) < 4.78 is 12.0. The first-order valence-corrected chi connectivity index (χ1v) is 6.52. The fourth-order valence-corrected chi connectivity index (χ4v) is 3.35. The van der Waals surface area contributed by atoms with Crippen molar-refractivity contribution in [3.05, 3.63) is 52.8 Å². The molecule has 2 heteroatoms. The van der Waals surface area contributed by atoms with Gasteiger partial charge in [-0.15, -0.1) is 0 Å². The van der Waals surface area contributed by atoms with E-state index in [4.69, 9.17) is 9.47 Å². The lowest BCUT2D eigenvalue weighted by Gasteiger charge is -2.35. The van der Waals surface area contributed by atoms with E-state index >= 15 is 0 Å². The number of allylic oxidation sites excluding steroid dienone is 2. The minimum absolute atomic E-state index is 0.146. The molecule has 2 aliphatic heterocycles. The van der Waals surface area contributed by atoms with E-state index in [0.29, 0.717) is 11.8 Å². The van der Waals surface area contributed by atoms with E-state index in [2.05, 4.69) is 44.2 Å². The number of benzene rings is 1. The monoisotopic (exact) mass is 240 g/mol. The van der Waals surface area contributed by atoms with E-state index in [-0.39, 0.29) is 6.10 Å². The zero-order valence-electron chi connectivity index (χ0n) is 10.6. The lowest BCUT2D eigenvalue weighted by molar-refractivity contribution is 0.159. The molecule has 3 unspecified atom stereocenters. The van der Waals surface area contributed by atoms with Crippen LogP contribution in [0, 0.1) is 12.8 Å². The average Bonchev–Trinajstić information content (AvgIpc) is 2.75. The summed E-state index contributed by atoms with van der Waals surface area (Å²) in [5.41, 5.74) is 3.84. The molecular formula is C16H16O2. The number of aryl methyl sites for hydroxylation is 1. The average molecular weight is 240 g/mol. The van der Waals surface area contributed by atoms with Crippen molar-refractivity contribution in [1.29, 1.82) is 0 Å². The lowest BCUT2D eigenvalue weighted by atomic mass is 9.78. The molecule has 92 valence electrons. The smallest absolute Gasteiger partial charge is 0.128 e. The van der Waals surface area contributed by atoms with Crippen LogP contribution in [0.4, 0.5) is 0 Å². The highest BCUT2D eigenvalue weighted by molar-refractivity contribution is 5.47. The fourth-order valence-electron chi connectivity index (χ4n) is 3.35. The molecule has 1 aromatic carbocycles. The highest BCUT2D eigenvalue weighted by Crippen LogP contribution is 2.50. The summed E-state index contributed by atoms with van der Waals surface area (Å²) >= 11 is 0. The molecule has 0 spiro atoms. The molecule has 0 amide bonds. The Hall–Kier alpha value is -1.70. The maximum atomic E-state index is 6.14. The van der Waals surface area contributed by atoms with Crippen molar-refractivity contribution in [3.63, 3.8) is 0 Å². The van der Waals surface area contributed by atoms with Crippen molar-refractivity contribution in [2.75, 3.05) is 6.61 Å². The molecule has 2 nitrogen and oxygen atoms in total. The van der Waals surface area contributed by atoms with Crippen LogP contribution in [0.15, 0.2) is 41.7 Å². The van der Waals surface area contributed by atoms with E-state index in [1.54, 1.807) is 0 Å². The third kappa shape index (κ3) is 1.29. The van der Waals surface area contributed by atoms with Gasteiger partial charge in [0.15, 0.2) is 0 Å². The first-order valence-electron chi connectivity index (χ1n) is 6.52. The van der Waals surface area contributed by atoms with Crippen molar-refractivity contribution in [3.8, 4) is 5.75 Å². The Morgan fingerprint density at radius 2 is 2.11 bits per heavy atom. The minimum atomic E-state index is 0.146. The predicted octanol–water partition coefficient (Wildman–Crippen LogP) is 3.33. The van der Waals surface area contributed by atoms with Crippen LogP contribution in [0.3, 0.4) is 0 Å². The van der Waals surface area contributed by atoms with Gasteiger partial charge >= 0.3 is 0 Å². The molecule has 1 aliphatic carbocycles. The maximum Gasteiger partial charge on any atom is 0.128 e. The predicted molar refractivity (Wildman–Crippen MR) is 69.6 cm³/mol. The largest absolute Gasteiger partial charge is 0.497 e. The zero-order valence-corrected chi connectivity index (χ0v) is 10.6. The molecule has 3 aliphatic rings. The van der Waals surface area contributed by atoms with Crippen molar-refractivity contribution in [2.45, 2.75) is 25.9 Å². The molecule has 0 aromatic heterocycles. The summed E-state index contributed by atoms with van der Waals surface area (Å²) in [6.07, 6.45) is 4.52. The quantitative estimate of drug-likeness (QED) is 0.692. The molecule has 0 saturated carbocycles. The van der Waals surface area contributed by atoms with Gasteiger partial charge in [-0.2, -0.15) is 0 Å². The Bertz CT molecular complexity index is 583. The second-order valence-corrected chi connectivity index (χ2v) is 5.52. The molecule has 0 bridgehead atoms. The molecule has 0 radical (unpaired) electrons. The molecular weight excluding hydrogens is 224 g/mol. The van der Waals surface area contributed by atoms with Crippen LogP contribution < -0.4 is 4.74 Å². The van der Waals surface area contributed by atoms with Crippen molar-refractivity contribution < 1.29 is 9.47 Å². The normalized spacial score (nSPS) is 31.6. The SMILES string of the molecule is CC1=CC2Oc3ccc(C)cc3C3COC(=C1)C23. The van der Waals surface area contributed by atoms with Crippen LogP contribution in [-0.4, -0.2) is 12.7 Å². The number of hydrogen-bond donors (Lipinski definition) is 0. The Labute approximate surface area is 107 Å². The summed E-state index contributed by atoms with van der Waals surface area (Å²) in [5.74, 6) is 2.97. The zero-order chi connectivity index (χ0) is 12.3. The highest BCUT2D eigenvalue weighted by atomic mass is 16.5. The first kappa shape index (κ1) is 10.2. The summed E-state index contributed by atoms with van der Waals surface area (Å²) in [6, 6.07) is 6.46. The van der Waals surface area contributed by atoms with Gasteiger partial charge in [0.25, 0.3) is 0 Å². The van der Waals surface area contributed by atoms with Crippen molar-refractivity contribution in [1.82, 2.24) is 0 Å². The molecule has 18 heavy (non-hydrogen) atoms. The topological polar surface area (TPSA) is 18.5 Å². The third-order valence-corrected chi connectivity index (χ3v) is 4.17. The van der Waals surface area contributed by atoms with Gasteiger partial charge in [0.1, 0.15) is 17.6 Å². The maximum absolute atomic E-state index is 6.14. The number of hydrogen-bond acceptors (Lipinski definition) is 2. The summed E-state index contributed by atoms with van der Waals surface area (Å²) in [4.78, 5) is 0. The molecule has 4 rings (SSSR count). The first-order chi connectivity index (χ1) is 8.72. The summed E-state index contributed by atoms with van der Waals surface area (Å²) in [6.45, 7) is 5.02. The number of rotatable bonds is 0. The third-order valence-electron chi connectivity index (χ3n) is 4.17. The molecule has 2 heterocycles. The number of ether oxygens (including phenoxy) is 2. The van der Waals surface area contributed by atoms with Gasteiger partial charge in [0, 0.05) is 11.5 Å². The Morgan fingerprint density at radius 1 is 1.22 bits per heavy atom. The summed E-state index contributed by atoms with van der Waals surface area (Å²) in [7, 11) is 0. The van der Waals surface area contributed by atoms with Crippen molar-refractivity contribution >= 4 is 0 Å². The Balaban J connectivity index is 1.88. The van der Waals surface area contributed by atoms with Crippen LogP contribution >= 0.6 is 0 Å². The fraction of sp³-hybridized carbons (Fsp3) is 0.375. The van der Waals surface area contributed by atoms with E-state index in [1.165, 1.54) is 16.7 Å². The van der Waals surface area contributed by atoms with E-state index in [1.807, 2.05) is 0 Å². The standard InChI is InChI=1S/C16H16O2/c1-9-3-4-13-11(5-9)12-8-17-14-6-10(2)7-15(18-13)16(12)14/h3-7,12,15-16H,8H2,1-2H3. The van der Waals surface area contributed by atoms with Gasteiger partial charge in [-0.3, -0.25) is 0 Å². The van der Waals surface area contributed by atoms with E-state index in [9.17, 15) is 0 Å². The van der Waals surface area contributed by atoms with Crippen LogP contribution in [-0.2, 0) is 4.74 Å². The van der Waals surface area contributed by atoms with Gasteiger partial charge in [-0.25, -0.2) is 0 Å². The van der Waals surface area contributed by atoms with Crippen LogP contribution in [0.25, 0.3) is 0 Å². The number of fused-ring (bicyclic) bond motifs is 2. The second-order valence-electron chi connectivity index (χ2n) is 5.52. The van der Waals surface area contributed by atoms with Crippen molar-refractivity contribution in [2.24, 2.45) is 5.92 Å². The lowest BCUT2D eigenvalue weighted by Crippen LogP contribution is -2.35.